The third kappa shape index (κ3) is 3.20. The summed E-state index contributed by atoms with van der Waals surface area (Å²) >= 11 is 0. The number of aliphatic hydroxyl groups excluding tert-OH is 1. The molecular formula is C25H22N2O2. The molecule has 1 heterocycles. The summed E-state index contributed by atoms with van der Waals surface area (Å²) in [4.78, 5) is 14.5. The molecule has 1 fully saturated rings. The van der Waals surface area contributed by atoms with E-state index in [1.807, 2.05) is 42.5 Å². The number of nitriles is 1. The van der Waals surface area contributed by atoms with Gasteiger partial charge in [-0.05, 0) is 41.3 Å². The number of likely N-dealkylation sites (tertiary alicyclic amines) is 1. The zero-order valence-corrected chi connectivity index (χ0v) is 16.2. The lowest BCUT2D eigenvalue weighted by atomic mass is 9.73. The van der Waals surface area contributed by atoms with Crippen LogP contribution in [0.3, 0.4) is 0 Å². The van der Waals surface area contributed by atoms with Crippen LogP contribution in [-0.2, 0) is 0 Å². The van der Waals surface area contributed by atoms with Gasteiger partial charge in [0.25, 0.3) is 5.91 Å². The summed E-state index contributed by atoms with van der Waals surface area (Å²) in [5.74, 6) is -0.464. The fourth-order valence-electron chi connectivity index (χ4n) is 4.30. The average Bonchev–Trinajstić information content (AvgIpc) is 2.75. The van der Waals surface area contributed by atoms with Gasteiger partial charge in [-0.1, -0.05) is 66.7 Å². The van der Waals surface area contributed by atoms with Crippen LogP contribution in [0.1, 0.15) is 27.4 Å². The zero-order valence-electron chi connectivity index (χ0n) is 16.2. The summed E-state index contributed by atoms with van der Waals surface area (Å²) in [6, 6.07) is 26.3. The monoisotopic (exact) mass is 382 g/mol. The second-order valence-corrected chi connectivity index (χ2v) is 7.33. The van der Waals surface area contributed by atoms with Gasteiger partial charge in [0.1, 0.15) is 6.04 Å². The molecule has 0 saturated carbocycles. The summed E-state index contributed by atoms with van der Waals surface area (Å²) in [5, 5.41) is 20.0. The molecule has 1 saturated heterocycles. The number of nitrogens with zero attached hydrogens (tertiary/aromatic N) is 2. The maximum absolute atomic E-state index is 13.0. The van der Waals surface area contributed by atoms with Gasteiger partial charge in [-0.2, -0.15) is 5.26 Å². The normalized spacial score (nSPS) is 20.6. The molecule has 0 aliphatic carbocycles. The van der Waals surface area contributed by atoms with E-state index in [-0.39, 0.29) is 18.4 Å². The highest BCUT2D eigenvalue weighted by molar-refractivity contribution is 5.96. The lowest BCUT2D eigenvalue weighted by Crippen LogP contribution is -2.65. The second-order valence-electron chi connectivity index (χ2n) is 7.33. The molecule has 29 heavy (non-hydrogen) atoms. The molecule has 3 aromatic rings. The van der Waals surface area contributed by atoms with E-state index in [0.717, 1.165) is 22.3 Å². The lowest BCUT2D eigenvalue weighted by Gasteiger charge is -2.52. The first-order valence-electron chi connectivity index (χ1n) is 9.70. The van der Waals surface area contributed by atoms with Crippen LogP contribution in [0.2, 0.25) is 0 Å². The van der Waals surface area contributed by atoms with Crippen LogP contribution in [0, 0.1) is 18.3 Å². The fourth-order valence-corrected chi connectivity index (χ4v) is 4.30. The Morgan fingerprint density at radius 3 is 2.24 bits per heavy atom. The first kappa shape index (κ1) is 18.9. The van der Waals surface area contributed by atoms with E-state index in [1.165, 1.54) is 4.90 Å². The van der Waals surface area contributed by atoms with Crippen LogP contribution in [0.25, 0.3) is 11.1 Å². The van der Waals surface area contributed by atoms with Gasteiger partial charge in [0, 0.05) is 11.5 Å². The van der Waals surface area contributed by atoms with Crippen molar-refractivity contribution in [2.24, 2.45) is 0 Å². The fraction of sp³-hybridized carbons (Fsp3) is 0.200. The van der Waals surface area contributed by atoms with Gasteiger partial charge in [0.05, 0.1) is 18.7 Å². The van der Waals surface area contributed by atoms with Gasteiger partial charge in [0.15, 0.2) is 0 Å². The number of hydrogen-bond donors (Lipinski definition) is 1. The Kier molecular flexibility index (Phi) is 5.16. The first-order chi connectivity index (χ1) is 14.2. The number of hydrogen-bond acceptors (Lipinski definition) is 3. The zero-order chi connectivity index (χ0) is 20.4. The molecule has 0 radical (unpaired) electrons. The topological polar surface area (TPSA) is 64.3 Å². The molecule has 0 unspecified atom stereocenters. The first-order valence-corrected chi connectivity index (χ1v) is 9.70. The van der Waals surface area contributed by atoms with Crippen molar-refractivity contribution in [3.8, 4) is 17.2 Å². The molecule has 0 spiro atoms. The molecular weight excluding hydrogens is 360 g/mol. The molecule has 4 rings (SSSR count). The SMILES string of the molecule is Cc1ccccc1-c1ccccc1[C@H]1[C@@H](C#N)N(C(=O)c2ccccc2)[C@H]1CO. The van der Waals surface area contributed by atoms with Gasteiger partial charge in [-0.15, -0.1) is 0 Å². The van der Waals surface area contributed by atoms with Crippen LogP contribution in [0.15, 0.2) is 78.9 Å². The molecule has 3 atom stereocenters. The third-order valence-corrected chi connectivity index (χ3v) is 5.74. The Bertz CT molecular complexity index is 1070. The molecule has 1 aliphatic rings. The summed E-state index contributed by atoms with van der Waals surface area (Å²) in [5.41, 5.74) is 4.80. The Morgan fingerprint density at radius 1 is 0.966 bits per heavy atom. The minimum Gasteiger partial charge on any atom is -0.394 e. The summed E-state index contributed by atoms with van der Waals surface area (Å²) in [6.07, 6.45) is 0. The minimum absolute atomic E-state index is 0.191. The Hall–Kier alpha value is -3.42. The van der Waals surface area contributed by atoms with Crippen LogP contribution < -0.4 is 0 Å². The number of aryl methyl sites for hydroxylation is 1. The van der Waals surface area contributed by atoms with E-state index < -0.39 is 12.1 Å². The highest BCUT2D eigenvalue weighted by Gasteiger charge is 2.52. The van der Waals surface area contributed by atoms with Gasteiger partial charge < -0.3 is 10.0 Å². The maximum atomic E-state index is 13.0. The van der Waals surface area contributed by atoms with Gasteiger partial charge >= 0.3 is 0 Å². The standard InChI is InChI=1S/C25H22N2O2/c1-17-9-5-6-12-19(17)20-13-7-8-14-21(20)24-22(15-26)27(23(24)16-28)25(29)18-10-3-2-4-11-18/h2-14,22-24,28H,16H2,1H3/t22-,23+,24+/m1/s1. The largest absolute Gasteiger partial charge is 0.394 e. The number of rotatable bonds is 4. The third-order valence-electron chi connectivity index (χ3n) is 5.74. The molecule has 1 N–H and O–H groups in total. The van der Waals surface area contributed by atoms with Crippen LogP contribution in [-0.4, -0.2) is 34.6 Å². The van der Waals surface area contributed by atoms with Crippen LogP contribution in [0.4, 0.5) is 0 Å². The molecule has 3 aromatic carbocycles. The predicted molar refractivity (Wildman–Crippen MR) is 112 cm³/mol. The molecule has 0 bridgehead atoms. The molecule has 4 nitrogen and oxygen atoms in total. The van der Waals surface area contributed by atoms with E-state index in [2.05, 4.69) is 25.1 Å². The van der Waals surface area contributed by atoms with Crippen molar-refractivity contribution < 1.29 is 9.90 Å². The highest BCUT2D eigenvalue weighted by Crippen LogP contribution is 2.45. The Balaban J connectivity index is 1.75. The smallest absolute Gasteiger partial charge is 0.255 e. The number of benzene rings is 3. The molecule has 0 aromatic heterocycles. The molecule has 4 heteroatoms. The number of amides is 1. The molecule has 144 valence electrons. The van der Waals surface area contributed by atoms with Crippen molar-refractivity contribution in [2.45, 2.75) is 24.9 Å². The number of carbonyl (C=O) groups excluding carboxylic acids is 1. The molecule has 1 aliphatic heterocycles. The van der Waals surface area contributed by atoms with Crippen molar-refractivity contribution in [1.82, 2.24) is 4.90 Å². The highest BCUT2D eigenvalue weighted by atomic mass is 16.3. The van der Waals surface area contributed by atoms with Gasteiger partial charge in [-0.25, -0.2) is 0 Å². The quantitative estimate of drug-likeness (QED) is 0.737. The maximum Gasteiger partial charge on any atom is 0.255 e. The van der Waals surface area contributed by atoms with E-state index in [9.17, 15) is 15.2 Å². The summed E-state index contributed by atoms with van der Waals surface area (Å²) in [7, 11) is 0. The minimum atomic E-state index is -0.620. The van der Waals surface area contributed by atoms with Gasteiger partial charge in [0.2, 0.25) is 0 Å². The van der Waals surface area contributed by atoms with Crippen LogP contribution >= 0.6 is 0 Å². The second kappa shape index (κ2) is 7.90. The van der Waals surface area contributed by atoms with Crippen molar-refractivity contribution in [1.29, 1.82) is 5.26 Å². The van der Waals surface area contributed by atoms with Crippen molar-refractivity contribution in [3.05, 3.63) is 95.6 Å². The Morgan fingerprint density at radius 2 is 1.59 bits per heavy atom. The Labute approximate surface area is 170 Å². The van der Waals surface area contributed by atoms with E-state index in [1.54, 1.807) is 24.3 Å². The van der Waals surface area contributed by atoms with Crippen molar-refractivity contribution in [2.75, 3.05) is 6.61 Å². The summed E-state index contributed by atoms with van der Waals surface area (Å²) in [6.45, 7) is 1.87. The van der Waals surface area contributed by atoms with E-state index in [0.29, 0.717) is 5.56 Å². The number of carbonyl (C=O) groups is 1. The van der Waals surface area contributed by atoms with Crippen molar-refractivity contribution >= 4 is 5.91 Å². The predicted octanol–water partition coefficient (Wildman–Crippen LogP) is 4.15. The lowest BCUT2D eigenvalue weighted by molar-refractivity contribution is -0.00571. The van der Waals surface area contributed by atoms with Gasteiger partial charge in [-0.3, -0.25) is 4.79 Å². The van der Waals surface area contributed by atoms with Crippen molar-refractivity contribution in [3.63, 3.8) is 0 Å². The van der Waals surface area contributed by atoms with E-state index in [4.69, 9.17) is 0 Å². The number of aliphatic hydroxyl groups is 1. The van der Waals surface area contributed by atoms with Crippen LogP contribution in [0.5, 0.6) is 0 Å². The van der Waals surface area contributed by atoms with E-state index >= 15 is 0 Å². The molecule has 1 amide bonds. The average molecular weight is 382 g/mol. The summed E-state index contributed by atoms with van der Waals surface area (Å²) < 4.78 is 0.